The van der Waals surface area contributed by atoms with Crippen LogP contribution < -0.4 is 10.6 Å². The molecule has 3 aromatic rings. The lowest BCUT2D eigenvalue weighted by Crippen LogP contribution is -2.50. The molecule has 15 heteroatoms. The summed E-state index contributed by atoms with van der Waals surface area (Å²) in [5.74, 6) is -1.08. The van der Waals surface area contributed by atoms with Gasteiger partial charge in [0.2, 0.25) is 5.91 Å². The van der Waals surface area contributed by atoms with E-state index >= 15 is 4.39 Å². The molecule has 6 nitrogen and oxygen atoms in total. The van der Waals surface area contributed by atoms with Gasteiger partial charge in [0.05, 0.1) is 10.9 Å². The molecule has 1 heterocycles. The van der Waals surface area contributed by atoms with Crippen LogP contribution in [0.25, 0.3) is 0 Å². The minimum Gasteiger partial charge on any atom is -0.333 e. The van der Waals surface area contributed by atoms with Crippen molar-refractivity contribution in [3.63, 3.8) is 0 Å². The number of carbonyl (C=O) groups excluding carboxylic acids is 2. The molecule has 0 radical (unpaired) electrons. The predicted molar refractivity (Wildman–Crippen MR) is 150 cm³/mol. The van der Waals surface area contributed by atoms with Crippen LogP contribution in [0, 0.1) is 0 Å². The lowest BCUT2D eigenvalue weighted by atomic mass is 9.90. The number of amides is 2. The predicted octanol–water partition coefficient (Wildman–Crippen LogP) is 5.57. The fraction of sp³-hybridized carbons (Fsp3) is 0.310. The van der Waals surface area contributed by atoms with Crippen LogP contribution in [0.1, 0.15) is 40.4 Å². The van der Waals surface area contributed by atoms with Gasteiger partial charge in [0.25, 0.3) is 5.91 Å². The first-order valence-electron chi connectivity index (χ1n) is 13.1. The van der Waals surface area contributed by atoms with E-state index in [4.69, 9.17) is 0 Å². The molecule has 3 unspecified atom stereocenters. The molecule has 0 aromatic heterocycles. The Kier molecular flexibility index (Phi) is 7.64. The molecule has 3 atom stereocenters. The summed E-state index contributed by atoms with van der Waals surface area (Å²) >= 11 is 0. The smallest absolute Gasteiger partial charge is 0.333 e. The van der Waals surface area contributed by atoms with E-state index in [0.29, 0.717) is 17.4 Å². The Bertz CT molecular complexity index is 1750. The van der Waals surface area contributed by atoms with Crippen LogP contribution in [0.2, 0.25) is 0 Å². The number of alkyl halides is 7. The molecule has 1 saturated heterocycles. The summed E-state index contributed by atoms with van der Waals surface area (Å²) in [5.41, 5.74) is -7.47. The van der Waals surface area contributed by atoms with Gasteiger partial charge in [0.15, 0.2) is 9.84 Å². The zero-order valence-corrected chi connectivity index (χ0v) is 24.7. The van der Waals surface area contributed by atoms with E-state index < -0.39 is 62.4 Å². The summed E-state index contributed by atoms with van der Waals surface area (Å²) in [5, 5.41) is 3.18. The first-order chi connectivity index (χ1) is 20.3. The van der Waals surface area contributed by atoms with Crippen LogP contribution in [-0.4, -0.2) is 50.1 Å². The number of halogens is 7. The Hall–Kier alpha value is -3.51. The highest BCUT2D eigenvalue weighted by atomic mass is 32.2. The van der Waals surface area contributed by atoms with Gasteiger partial charge in [-0.25, -0.2) is 12.8 Å². The Labute approximate surface area is 249 Å². The molecule has 0 saturated carbocycles. The van der Waals surface area contributed by atoms with Crippen LogP contribution in [0.5, 0.6) is 0 Å². The number of anilines is 1. The molecular formula is C29H24F7N2O4PS. The summed E-state index contributed by atoms with van der Waals surface area (Å²) in [6.07, 6.45) is -13.4. The molecule has 1 aliphatic heterocycles. The molecular weight excluding hydrogens is 636 g/mol. The van der Waals surface area contributed by atoms with E-state index in [1.165, 1.54) is 60.4 Å². The number of hydrogen-bond acceptors (Lipinski definition) is 4. The zero-order chi connectivity index (χ0) is 32.5. The topological polar surface area (TPSA) is 83.6 Å². The van der Waals surface area contributed by atoms with Crippen LogP contribution in [0.15, 0.2) is 71.6 Å². The number of nitrogens with one attached hydrogen (secondary N) is 1. The van der Waals surface area contributed by atoms with Gasteiger partial charge in [-0.3, -0.25) is 9.59 Å². The van der Waals surface area contributed by atoms with Gasteiger partial charge in [-0.2, -0.15) is 26.3 Å². The normalized spacial score (nSPS) is 20.3. The van der Waals surface area contributed by atoms with E-state index in [1.807, 2.05) is 0 Å². The highest BCUT2D eigenvalue weighted by molar-refractivity contribution is 7.92. The van der Waals surface area contributed by atoms with Crippen molar-refractivity contribution >= 4 is 41.9 Å². The molecule has 1 aliphatic carbocycles. The third kappa shape index (κ3) is 4.77. The van der Waals surface area contributed by atoms with Crippen molar-refractivity contribution in [1.82, 2.24) is 4.90 Å². The Morgan fingerprint density at radius 3 is 2.16 bits per heavy atom. The second-order valence-corrected chi connectivity index (χ2v) is 13.6. The van der Waals surface area contributed by atoms with Crippen molar-refractivity contribution in [2.75, 3.05) is 11.9 Å². The first-order valence-corrected chi connectivity index (χ1v) is 15.2. The maximum atomic E-state index is 15.0. The lowest BCUT2D eigenvalue weighted by molar-refractivity contribution is -0.348. The fourth-order valence-corrected chi connectivity index (χ4v) is 8.72. The largest absolute Gasteiger partial charge is 0.435 e. The molecule has 1 fully saturated rings. The number of rotatable bonds is 5. The van der Waals surface area contributed by atoms with Crippen LogP contribution >= 0.6 is 9.24 Å². The highest BCUT2D eigenvalue weighted by Crippen LogP contribution is 2.57. The Balaban J connectivity index is 1.67. The van der Waals surface area contributed by atoms with Crippen molar-refractivity contribution in [2.45, 2.75) is 53.5 Å². The van der Waals surface area contributed by atoms with Gasteiger partial charge in [-0.1, -0.05) is 36.4 Å². The molecule has 1 N–H and O–H groups in total. The number of fused-ring (bicyclic) bond motifs is 3. The average molecular weight is 661 g/mol. The number of sulfone groups is 1. The summed E-state index contributed by atoms with van der Waals surface area (Å²) in [4.78, 5) is 26.3. The SMILES string of the molecule is CC(=O)Nc1cccc(C(=O)N2CCC3(S(=O)(=O)c4ccc(P)cc4)c4ccc(C(F)(C(F)(F)F)C(F)(F)F)cc4CC23)c1. The molecule has 44 heavy (non-hydrogen) atoms. The van der Waals surface area contributed by atoms with Gasteiger partial charge in [-0.15, -0.1) is 9.24 Å². The Morgan fingerprint density at radius 2 is 1.57 bits per heavy atom. The monoisotopic (exact) mass is 660 g/mol. The highest BCUT2D eigenvalue weighted by Gasteiger charge is 2.74. The Morgan fingerprint density at radius 1 is 0.932 bits per heavy atom. The third-order valence-electron chi connectivity index (χ3n) is 8.15. The molecule has 2 amide bonds. The number of likely N-dealkylation sites (tertiary alicyclic amines) is 1. The van der Waals surface area contributed by atoms with E-state index in [9.17, 15) is 44.3 Å². The summed E-state index contributed by atoms with van der Waals surface area (Å²) in [6, 6.07) is 11.7. The third-order valence-corrected chi connectivity index (χ3v) is 11.1. The van der Waals surface area contributed by atoms with Crippen LogP contribution in [0.3, 0.4) is 0 Å². The van der Waals surface area contributed by atoms with Crippen molar-refractivity contribution in [1.29, 1.82) is 0 Å². The summed E-state index contributed by atoms with van der Waals surface area (Å²) in [6.45, 7) is 1.14. The number of hydrogen-bond donors (Lipinski definition) is 1. The van der Waals surface area contributed by atoms with E-state index in [0.717, 1.165) is 6.07 Å². The van der Waals surface area contributed by atoms with Gasteiger partial charge < -0.3 is 10.2 Å². The van der Waals surface area contributed by atoms with Crippen molar-refractivity contribution in [3.8, 4) is 0 Å². The molecule has 3 aromatic carbocycles. The zero-order valence-electron chi connectivity index (χ0n) is 22.8. The van der Waals surface area contributed by atoms with E-state index in [1.54, 1.807) is 0 Å². The van der Waals surface area contributed by atoms with Gasteiger partial charge >= 0.3 is 18.0 Å². The van der Waals surface area contributed by atoms with Crippen molar-refractivity contribution in [3.05, 3.63) is 89.0 Å². The first kappa shape index (κ1) is 31.9. The quantitative estimate of drug-likeness (QED) is 0.287. The van der Waals surface area contributed by atoms with E-state index in [-0.39, 0.29) is 40.2 Å². The second-order valence-electron chi connectivity index (χ2n) is 10.7. The van der Waals surface area contributed by atoms with E-state index in [2.05, 4.69) is 14.6 Å². The molecule has 0 spiro atoms. The van der Waals surface area contributed by atoms with Gasteiger partial charge in [-0.05, 0) is 59.6 Å². The minimum absolute atomic E-state index is 0.0605. The minimum atomic E-state index is -6.36. The number of benzene rings is 3. The lowest BCUT2D eigenvalue weighted by Gasteiger charge is -2.33. The van der Waals surface area contributed by atoms with Crippen LogP contribution in [-0.2, 0) is 31.5 Å². The van der Waals surface area contributed by atoms with Crippen LogP contribution in [0.4, 0.5) is 36.4 Å². The van der Waals surface area contributed by atoms with Gasteiger partial charge in [0.1, 0.15) is 4.75 Å². The molecule has 234 valence electrons. The summed E-state index contributed by atoms with van der Waals surface area (Å²) in [7, 11) is -2.06. The second kappa shape index (κ2) is 10.5. The van der Waals surface area contributed by atoms with Gasteiger partial charge in [0, 0.05) is 30.3 Å². The summed E-state index contributed by atoms with van der Waals surface area (Å²) < 4.78 is 123. The average Bonchev–Trinajstić information content (AvgIpc) is 3.46. The fourth-order valence-electron chi connectivity index (χ4n) is 6.19. The van der Waals surface area contributed by atoms with Crippen molar-refractivity contribution < 1.29 is 48.7 Å². The van der Waals surface area contributed by atoms with Crippen molar-refractivity contribution in [2.24, 2.45) is 0 Å². The maximum Gasteiger partial charge on any atom is 0.435 e. The molecule has 2 aliphatic rings. The maximum absolute atomic E-state index is 15.0. The molecule has 0 bridgehead atoms. The molecule has 5 rings (SSSR count). The number of nitrogens with zero attached hydrogens (tertiary/aromatic N) is 1. The standard InChI is InChI=1S/C29H24F7N2O4PS/c1-16(39)37-20-4-2-3-17(14-20)25(40)38-12-11-26(44(41,42)22-8-6-21(43)7-9-22)23-10-5-19(13-18(23)15-24(26)38)27(30,28(31,32)33)29(34,35)36/h2-10,13-14,24H,11-12,15,43H2,1H3,(H,37,39). The number of carbonyl (C=O) groups is 2.